The Morgan fingerprint density at radius 3 is 1.83 bits per heavy atom. The van der Waals surface area contributed by atoms with Crippen LogP contribution in [0.15, 0.2) is 12.2 Å². The monoisotopic (exact) mass is 378 g/mol. The first kappa shape index (κ1) is 22.7. The van der Waals surface area contributed by atoms with Crippen LogP contribution in [0.2, 0.25) is 51.9 Å². The molecule has 0 unspecified atom stereocenters. The minimum atomic E-state index is -2.20. The Hall–Kier alpha value is -0.259. The van der Waals surface area contributed by atoms with Crippen molar-refractivity contribution in [1.29, 1.82) is 0 Å². The summed E-state index contributed by atoms with van der Waals surface area (Å²) in [5, 5.41) is 0. The van der Waals surface area contributed by atoms with E-state index in [-0.39, 0.29) is 6.61 Å². The molecule has 8 heteroatoms. The minimum Gasteiger partial charge on any atom is -0.466 e. The second-order valence-electron chi connectivity index (χ2n) is 7.81. The lowest BCUT2D eigenvalue weighted by Gasteiger charge is -2.38. The molecule has 0 saturated heterocycles. The van der Waals surface area contributed by atoms with Crippen LogP contribution in [0.5, 0.6) is 0 Å². The maximum Gasteiger partial charge on any atom is 0.335 e. The summed E-state index contributed by atoms with van der Waals surface area (Å²) in [5.74, 6) is -0.423. The molecule has 0 bridgehead atoms. The molecular weight excluding hydrogens is 344 g/mol. The van der Waals surface area contributed by atoms with Crippen molar-refractivity contribution in [2.45, 2.75) is 58.3 Å². The highest BCUT2D eigenvalue weighted by Gasteiger charge is 2.39. The molecule has 0 aromatic rings. The number of carbonyl (C=O) groups is 1. The Bertz CT molecular complexity index is 383. The van der Waals surface area contributed by atoms with Gasteiger partial charge in [0.15, 0.2) is 16.6 Å². The van der Waals surface area contributed by atoms with Gasteiger partial charge in [0.2, 0.25) is 0 Å². The number of rotatable bonds is 11. The van der Waals surface area contributed by atoms with Crippen molar-refractivity contribution in [3.63, 3.8) is 0 Å². The van der Waals surface area contributed by atoms with Crippen LogP contribution in [0.25, 0.3) is 0 Å². The van der Waals surface area contributed by atoms with E-state index in [1.54, 1.807) is 0 Å². The van der Waals surface area contributed by atoms with Crippen LogP contribution in [0.1, 0.15) is 6.42 Å². The molecule has 0 N–H and O–H groups in total. The molecule has 0 heterocycles. The Balaban J connectivity index is 4.41. The highest BCUT2D eigenvalue weighted by molar-refractivity contribution is 6.87. The zero-order chi connectivity index (χ0) is 18.3. The van der Waals surface area contributed by atoms with E-state index < -0.39 is 31.2 Å². The van der Waals surface area contributed by atoms with Crippen molar-refractivity contribution in [3.8, 4) is 0 Å². The molecule has 5 nitrogen and oxygen atoms in total. The fourth-order valence-corrected chi connectivity index (χ4v) is 14.8. The standard InChI is InChI=1S/C15H34O5Si3/c1-14(15(16)17-2)13-18-11-10-12-23(9,19-21(3,4)5)20-22(6,7)8/h1,10-13H2,2-9H3. The van der Waals surface area contributed by atoms with Gasteiger partial charge in [-0.05, 0) is 58.3 Å². The van der Waals surface area contributed by atoms with Crippen LogP contribution in [0.4, 0.5) is 0 Å². The topological polar surface area (TPSA) is 54.0 Å². The summed E-state index contributed by atoms with van der Waals surface area (Å²) in [5.41, 5.74) is 0.337. The smallest absolute Gasteiger partial charge is 0.335 e. The molecule has 23 heavy (non-hydrogen) atoms. The van der Waals surface area contributed by atoms with E-state index in [9.17, 15) is 4.79 Å². The van der Waals surface area contributed by atoms with Gasteiger partial charge in [-0.2, -0.15) is 0 Å². The third-order valence-electron chi connectivity index (χ3n) is 2.71. The fraction of sp³-hybridized carbons (Fsp3) is 0.800. The van der Waals surface area contributed by atoms with E-state index in [2.05, 4.69) is 57.1 Å². The predicted molar refractivity (Wildman–Crippen MR) is 102 cm³/mol. The third kappa shape index (κ3) is 11.8. The molecule has 0 aliphatic carbocycles. The average Bonchev–Trinajstić information content (AvgIpc) is 2.32. The number of esters is 1. The van der Waals surface area contributed by atoms with E-state index in [1.807, 2.05) is 0 Å². The second-order valence-corrected chi connectivity index (χ2v) is 20.7. The van der Waals surface area contributed by atoms with Gasteiger partial charge in [0.25, 0.3) is 0 Å². The normalized spacial score (nSPS) is 13.0. The van der Waals surface area contributed by atoms with Crippen molar-refractivity contribution < 1.29 is 22.5 Å². The average molecular weight is 379 g/mol. The van der Waals surface area contributed by atoms with Gasteiger partial charge in [-0.25, -0.2) is 4.79 Å². The Morgan fingerprint density at radius 2 is 1.43 bits per heavy atom. The van der Waals surface area contributed by atoms with E-state index in [4.69, 9.17) is 13.0 Å². The fourth-order valence-electron chi connectivity index (χ4n) is 2.31. The van der Waals surface area contributed by atoms with Gasteiger partial charge in [0.1, 0.15) is 0 Å². The van der Waals surface area contributed by atoms with Crippen LogP contribution in [-0.4, -0.2) is 51.5 Å². The zero-order valence-corrected chi connectivity index (χ0v) is 19.1. The summed E-state index contributed by atoms with van der Waals surface area (Å²) in [6.07, 6.45) is 0.853. The lowest BCUT2D eigenvalue weighted by Crippen LogP contribution is -2.52. The van der Waals surface area contributed by atoms with Gasteiger partial charge in [-0.3, -0.25) is 0 Å². The van der Waals surface area contributed by atoms with Crippen LogP contribution < -0.4 is 0 Å². The maximum atomic E-state index is 11.2. The largest absolute Gasteiger partial charge is 0.466 e. The van der Waals surface area contributed by atoms with Gasteiger partial charge in [-0.1, -0.05) is 6.58 Å². The maximum absolute atomic E-state index is 11.2. The number of methoxy groups -OCH3 is 1. The van der Waals surface area contributed by atoms with E-state index >= 15 is 0 Å². The Morgan fingerprint density at radius 1 is 0.957 bits per heavy atom. The second kappa shape index (κ2) is 9.28. The van der Waals surface area contributed by atoms with E-state index in [1.165, 1.54) is 7.11 Å². The molecule has 0 aromatic heterocycles. The highest BCUT2D eigenvalue weighted by Crippen LogP contribution is 2.25. The van der Waals surface area contributed by atoms with Gasteiger partial charge in [0.05, 0.1) is 19.3 Å². The number of ether oxygens (including phenoxy) is 2. The minimum absolute atomic E-state index is 0.203. The van der Waals surface area contributed by atoms with Crippen LogP contribution in [-0.2, 0) is 22.5 Å². The zero-order valence-electron chi connectivity index (χ0n) is 16.1. The molecule has 0 rings (SSSR count). The quantitative estimate of drug-likeness (QED) is 0.236. The molecule has 0 amide bonds. The molecule has 136 valence electrons. The number of hydrogen-bond acceptors (Lipinski definition) is 5. The Labute approximate surface area is 144 Å². The molecule has 0 aromatic carbocycles. The summed E-state index contributed by atoms with van der Waals surface area (Å²) in [6, 6.07) is 0.895. The van der Waals surface area contributed by atoms with Crippen LogP contribution >= 0.6 is 0 Å². The molecule has 0 saturated carbocycles. The first-order valence-corrected chi connectivity index (χ1v) is 17.4. The van der Waals surface area contributed by atoms with Crippen molar-refractivity contribution in [1.82, 2.24) is 0 Å². The van der Waals surface area contributed by atoms with Crippen molar-refractivity contribution in [3.05, 3.63) is 12.2 Å². The van der Waals surface area contributed by atoms with Crippen molar-refractivity contribution >= 4 is 31.2 Å². The predicted octanol–water partition coefficient (Wildman–Crippen LogP) is 3.90. The summed E-state index contributed by atoms with van der Waals surface area (Å²) in [4.78, 5) is 11.2. The lowest BCUT2D eigenvalue weighted by molar-refractivity contribution is -0.136. The molecule has 0 aliphatic heterocycles. The summed E-state index contributed by atoms with van der Waals surface area (Å²) in [6.45, 7) is 19.7. The van der Waals surface area contributed by atoms with Crippen molar-refractivity contribution in [2.24, 2.45) is 0 Å². The third-order valence-corrected chi connectivity index (χ3v) is 12.3. The van der Waals surface area contributed by atoms with Crippen LogP contribution in [0, 0.1) is 0 Å². The van der Waals surface area contributed by atoms with E-state index in [0.29, 0.717) is 12.2 Å². The first-order valence-electron chi connectivity index (χ1n) is 8.02. The molecule has 0 radical (unpaired) electrons. The first-order chi connectivity index (χ1) is 10.3. The summed E-state index contributed by atoms with van der Waals surface area (Å²) >= 11 is 0. The van der Waals surface area contributed by atoms with Gasteiger partial charge >= 0.3 is 14.5 Å². The molecule has 0 aliphatic rings. The molecular formula is C15H34O5Si3. The summed E-state index contributed by atoms with van der Waals surface area (Å²) < 4.78 is 23.0. The molecule has 0 spiro atoms. The Kier molecular flexibility index (Phi) is 9.18. The highest BCUT2D eigenvalue weighted by atomic mass is 28.5. The number of carbonyl (C=O) groups excluding carboxylic acids is 1. The van der Waals surface area contributed by atoms with Crippen LogP contribution in [0.3, 0.4) is 0 Å². The molecule has 0 fully saturated rings. The molecule has 0 atom stereocenters. The van der Waals surface area contributed by atoms with Gasteiger partial charge in [0, 0.05) is 6.61 Å². The van der Waals surface area contributed by atoms with Crippen molar-refractivity contribution in [2.75, 3.05) is 20.3 Å². The van der Waals surface area contributed by atoms with Gasteiger partial charge in [-0.15, -0.1) is 0 Å². The van der Waals surface area contributed by atoms with Gasteiger partial charge < -0.3 is 17.7 Å². The SMILES string of the molecule is C=C(COCCC[Si](C)(O[Si](C)(C)C)O[Si](C)(C)C)C(=O)OC. The van der Waals surface area contributed by atoms with E-state index in [0.717, 1.165) is 12.5 Å². The summed E-state index contributed by atoms with van der Waals surface area (Å²) in [7, 11) is -4.17. The number of hydrogen-bond donors (Lipinski definition) is 0. The lowest BCUT2D eigenvalue weighted by atomic mass is 10.3.